The van der Waals surface area contributed by atoms with Crippen LogP contribution >= 0.6 is 0 Å². The third kappa shape index (κ3) is 5.80. The Bertz CT molecular complexity index is 839. The summed E-state index contributed by atoms with van der Waals surface area (Å²) in [5, 5.41) is 5.04. The van der Waals surface area contributed by atoms with E-state index in [1.165, 1.54) is 37.4 Å². The highest BCUT2D eigenvalue weighted by Gasteiger charge is 2.23. The van der Waals surface area contributed by atoms with E-state index >= 15 is 0 Å². The van der Waals surface area contributed by atoms with Gasteiger partial charge in [-0.3, -0.25) is 0 Å². The third-order valence-electron chi connectivity index (χ3n) is 3.81. The van der Waals surface area contributed by atoms with E-state index < -0.39 is 29.8 Å². The minimum absolute atomic E-state index is 0.111. The van der Waals surface area contributed by atoms with Crippen LogP contribution in [0.4, 0.5) is 14.9 Å². The Labute approximate surface area is 161 Å². The molecule has 1 atom stereocenters. The lowest BCUT2D eigenvalue weighted by Gasteiger charge is -2.18. The summed E-state index contributed by atoms with van der Waals surface area (Å²) in [4.78, 5) is 36.4. The van der Waals surface area contributed by atoms with Gasteiger partial charge in [-0.1, -0.05) is 24.3 Å². The second-order valence-electron chi connectivity index (χ2n) is 5.77. The van der Waals surface area contributed by atoms with Gasteiger partial charge in [-0.15, -0.1) is 0 Å². The molecule has 7 nitrogen and oxygen atoms in total. The molecular formula is C20H21FN2O5. The summed E-state index contributed by atoms with van der Waals surface area (Å²) in [6, 6.07) is 10.2. The molecule has 148 valence electrons. The van der Waals surface area contributed by atoms with Crippen molar-refractivity contribution in [1.29, 1.82) is 0 Å². The van der Waals surface area contributed by atoms with Crippen LogP contribution in [0.15, 0.2) is 48.5 Å². The number of halogens is 1. The second kappa shape index (κ2) is 10.1. The number of ether oxygens (including phenoxy) is 2. The van der Waals surface area contributed by atoms with Gasteiger partial charge >= 0.3 is 18.0 Å². The molecule has 0 aliphatic heterocycles. The van der Waals surface area contributed by atoms with Crippen LogP contribution in [0.2, 0.25) is 0 Å². The number of urea groups is 1. The van der Waals surface area contributed by atoms with Gasteiger partial charge in [0.2, 0.25) is 0 Å². The number of nitrogens with one attached hydrogen (secondary N) is 2. The SMILES string of the molecule is CCOC(=O)c1ccccc1NC(=O)NC(Cc1ccc(F)cc1)C(=O)OC. The predicted molar refractivity (Wildman–Crippen MR) is 100 cm³/mol. The summed E-state index contributed by atoms with van der Waals surface area (Å²) >= 11 is 0. The normalized spacial score (nSPS) is 11.2. The van der Waals surface area contributed by atoms with E-state index in [1.54, 1.807) is 25.1 Å². The van der Waals surface area contributed by atoms with Gasteiger partial charge in [-0.25, -0.2) is 18.8 Å². The summed E-state index contributed by atoms with van der Waals surface area (Å²) < 4.78 is 22.7. The zero-order valence-corrected chi connectivity index (χ0v) is 15.5. The molecule has 0 radical (unpaired) electrons. The molecular weight excluding hydrogens is 367 g/mol. The largest absolute Gasteiger partial charge is 0.467 e. The predicted octanol–water partition coefficient (Wildman–Crippen LogP) is 2.91. The molecule has 0 fully saturated rings. The number of benzene rings is 2. The first-order valence-electron chi connectivity index (χ1n) is 8.60. The van der Waals surface area contributed by atoms with Crippen LogP contribution in [0.3, 0.4) is 0 Å². The van der Waals surface area contributed by atoms with Crippen molar-refractivity contribution in [3.63, 3.8) is 0 Å². The van der Waals surface area contributed by atoms with E-state index in [-0.39, 0.29) is 24.3 Å². The van der Waals surface area contributed by atoms with Gasteiger partial charge in [0.15, 0.2) is 0 Å². The molecule has 2 N–H and O–H groups in total. The van der Waals surface area contributed by atoms with Crippen LogP contribution in [0.5, 0.6) is 0 Å². The van der Waals surface area contributed by atoms with Gasteiger partial charge in [0.05, 0.1) is 25.0 Å². The van der Waals surface area contributed by atoms with Crippen molar-refractivity contribution in [2.75, 3.05) is 19.0 Å². The number of hydrogen-bond donors (Lipinski definition) is 2. The van der Waals surface area contributed by atoms with Crippen molar-refractivity contribution >= 4 is 23.7 Å². The summed E-state index contributed by atoms with van der Waals surface area (Å²) in [5.41, 5.74) is 1.07. The first kappa shape index (κ1) is 20.9. The number of hydrogen-bond acceptors (Lipinski definition) is 5. The number of carbonyl (C=O) groups excluding carboxylic acids is 3. The van der Waals surface area contributed by atoms with E-state index in [9.17, 15) is 18.8 Å². The Balaban J connectivity index is 2.11. The first-order chi connectivity index (χ1) is 13.4. The quantitative estimate of drug-likeness (QED) is 0.712. The molecule has 28 heavy (non-hydrogen) atoms. The maximum absolute atomic E-state index is 13.1. The molecule has 0 aromatic heterocycles. The van der Waals surface area contributed by atoms with Crippen LogP contribution in [0, 0.1) is 5.82 Å². The minimum Gasteiger partial charge on any atom is -0.467 e. The summed E-state index contributed by atoms with van der Waals surface area (Å²) in [6.45, 7) is 1.87. The Kier molecular flexibility index (Phi) is 7.50. The number of rotatable bonds is 7. The molecule has 2 amide bonds. The average Bonchev–Trinajstić information content (AvgIpc) is 2.69. The molecule has 1 unspecified atom stereocenters. The van der Waals surface area contributed by atoms with Gasteiger partial charge in [-0.2, -0.15) is 0 Å². The molecule has 8 heteroatoms. The number of methoxy groups -OCH3 is 1. The molecule has 0 aliphatic carbocycles. The molecule has 0 aliphatic rings. The van der Waals surface area contributed by atoms with E-state index in [1.807, 2.05) is 0 Å². The molecule has 0 heterocycles. The Hall–Kier alpha value is -3.42. The lowest BCUT2D eigenvalue weighted by atomic mass is 10.1. The van der Waals surface area contributed by atoms with Gasteiger partial charge in [0, 0.05) is 6.42 Å². The molecule has 0 bridgehead atoms. The highest BCUT2D eigenvalue weighted by Crippen LogP contribution is 2.16. The summed E-state index contributed by atoms with van der Waals surface area (Å²) in [5.74, 6) is -1.63. The van der Waals surface area contributed by atoms with Crippen molar-refractivity contribution in [3.05, 3.63) is 65.5 Å². The fraction of sp³-hybridized carbons (Fsp3) is 0.250. The van der Waals surface area contributed by atoms with Crippen molar-refractivity contribution in [2.24, 2.45) is 0 Å². The van der Waals surface area contributed by atoms with Crippen molar-refractivity contribution < 1.29 is 28.2 Å². The molecule has 0 saturated heterocycles. The topological polar surface area (TPSA) is 93.7 Å². The van der Waals surface area contributed by atoms with E-state index in [4.69, 9.17) is 9.47 Å². The van der Waals surface area contributed by atoms with Crippen molar-refractivity contribution in [1.82, 2.24) is 5.32 Å². The average molecular weight is 388 g/mol. The molecule has 0 saturated carbocycles. The van der Waals surface area contributed by atoms with Crippen molar-refractivity contribution in [3.8, 4) is 0 Å². The number of amides is 2. The Morgan fingerprint density at radius 1 is 1.07 bits per heavy atom. The lowest BCUT2D eigenvalue weighted by molar-refractivity contribution is -0.142. The second-order valence-corrected chi connectivity index (χ2v) is 5.77. The van der Waals surface area contributed by atoms with E-state index in [0.717, 1.165) is 0 Å². The van der Waals surface area contributed by atoms with Gasteiger partial charge in [0.1, 0.15) is 11.9 Å². The maximum Gasteiger partial charge on any atom is 0.340 e. The number of carbonyl (C=O) groups is 3. The zero-order valence-electron chi connectivity index (χ0n) is 15.5. The van der Waals surface area contributed by atoms with Crippen molar-refractivity contribution in [2.45, 2.75) is 19.4 Å². The van der Waals surface area contributed by atoms with Gasteiger partial charge in [-0.05, 0) is 36.8 Å². The first-order valence-corrected chi connectivity index (χ1v) is 8.60. The maximum atomic E-state index is 13.1. The lowest BCUT2D eigenvalue weighted by Crippen LogP contribution is -2.45. The van der Waals surface area contributed by atoms with Crippen LogP contribution in [0.25, 0.3) is 0 Å². The molecule has 0 spiro atoms. The summed E-state index contributed by atoms with van der Waals surface area (Å²) in [6.07, 6.45) is 0.111. The fourth-order valence-electron chi connectivity index (χ4n) is 2.49. The zero-order chi connectivity index (χ0) is 20.5. The molecule has 2 aromatic carbocycles. The summed E-state index contributed by atoms with van der Waals surface area (Å²) in [7, 11) is 1.20. The third-order valence-corrected chi connectivity index (χ3v) is 3.81. The van der Waals surface area contributed by atoms with Crippen LogP contribution in [-0.4, -0.2) is 37.7 Å². The van der Waals surface area contributed by atoms with Gasteiger partial charge < -0.3 is 20.1 Å². The van der Waals surface area contributed by atoms with Gasteiger partial charge in [0.25, 0.3) is 0 Å². The number of anilines is 1. The van der Waals surface area contributed by atoms with E-state index in [0.29, 0.717) is 5.56 Å². The monoisotopic (exact) mass is 388 g/mol. The molecule has 2 rings (SSSR count). The standard InChI is InChI=1S/C20H21FN2O5/c1-3-28-18(24)15-6-4-5-7-16(15)22-20(26)23-17(19(25)27-2)12-13-8-10-14(21)11-9-13/h4-11,17H,3,12H2,1-2H3,(H2,22,23,26). The number of para-hydroxylation sites is 1. The minimum atomic E-state index is -0.995. The Morgan fingerprint density at radius 2 is 1.75 bits per heavy atom. The highest BCUT2D eigenvalue weighted by atomic mass is 19.1. The number of esters is 2. The van der Waals surface area contributed by atoms with E-state index in [2.05, 4.69) is 10.6 Å². The smallest absolute Gasteiger partial charge is 0.340 e. The highest BCUT2D eigenvalue weighted by molar-refractivity contribution is 6.01. The van der Waals surface area contributed by atoms with Crippen LogP contribution in [0.1, 0.15) is 22.8 Å². The fourth-order valence-corrected chi connectivity index (χ4v) is 2.49. The Morgan fingerprint density at radius 3 is 2.39 bits per heavy atom. The van der Waals surface area contributed by atoms with Crippen LogP contribution < -0.4 is 10.6 Å². The van der Waals surface area contributed by atoms with Crippen LogP contribution in [-0.2, 0) is 20.7 Å². The molecule has 2 aromatic rings.